The lowest BCUT2D eigenvalue weighted by molar-refractivity contribution is -0.226. The van der Waals surface area contributed by atoms with Crippen LogP contribution in [-0.2, 0) is 44.3 Å². The Kier molecular flexibility index (Phi) is 9.98. The predicted octanol–water partition coefficient (Wildman–Crippen LogP) is 6.96. The second kappa shape index (κ2) is 14.0. The fourth-order valence-electron chi connectivity index (χ4n) is 12.3. The number of esters is 2. The van der Waals surface area contributed by atoms with Crippen molar-refractivity contribution in [1.29, 1.82) is 0 Å². The average Bonchev–Trinajstić information content (AvgIpc) is 3.66. The molecule has 1 aromatic carbocycles. The summed E-state index contributed by atoms with van der Waals surface area (Å²) in [5.41, 5.74) is 0.436. The van der Waals surface area contributed by atoms with Crippen molar-refractivity contribution in [3.05, 3.63) is 29.3 Å². The highest BCUT2D eigenvalue weighted by atomic mass is 16.8. The van der Waals surface area contributed by atoms with Gasteiger partial charge < -0.3 is 38.3 Å². The topological polar surface area (TPSA) is 128 Å². The SMILES string of the molecule is COc1c(CC(NC(=O)CCC2(C)OC3CC4CC(C4(C)C)C3(C)O2)B2OC3CC4CC(C4(C)C)C3(C)O2)cccc1C(=O)OCOC(=O)C1CCCCC1. The molecule has 2 heterocycles. The fourth-order valence-corrected chi connectivity index (χ4v) is 12.3. The van der Waals surface area contributed by atoms with Crippen LogP contribution in [0.15, 0.2) is 18.2 Å². The molecule has 11 nitrogen and oxygen atoms in total. The summed E-state index contributed by atoms with van der Waals surface area (Å²) in [6.07, 6.45) is 9.74. The number of benzene rings is 1. The number of rotatable bonds is 12. The standard InChI is InChI=1S/C43H62BNO10/c1-39(2)27-20-30(39)42(6)32(22-27)52-41(5,54-42)18-17-35(46)45-34(44-53-33-23-28-21-31(40(28,3)4)43(33,7)55-44)19-26-15-12-16-29(36(26)49-8)38(48)51-24-50-37(47)25-13-10-9-11-14-25/h12,15-16,25,27-28,30-34H,9-11,13-14,17-24H2,1-8H3,(H,45,46). The van der Waals surface area contributed by atoms with Gasteiger partial charge in [0, 0.05) is 12.8 Å². The van der Waals surface area contributed by atoms with E-state index >= 15 is 0 Å². The molecule has 9 aliphatic rings. The second-order valence-corrected chi connectivity index (χ2v) is 19.6. The first-order chi connectivity index (χ1) is 26.0. The molecule has 2 saturated heterocycles. The molecule has 0 radical (unpaired) electrons. The first-order valence-corrected chi connectivity index (χ1v) is 21.0. The van der Waals surface area contributed by atoms with E-state index < -0.39 is 37.2 Å². The third-order valence-electron chi connectivity index (χ3n) is 15.9. The summed E-state index contributed by atoms with van der Waals surface area (Å²) in [6, 6.07) is 5.26. The molecule has 302 valence electrons. The van der Waals surface area contributed by atoms with Gasteiger partial charge in [-0.1, -0.05) is 59.1 Å². The van der Waals surface area contributed by atoms with Gasteiger partial charge >= 0.3 is 19.1 Å². The number of methoxy groups -OCH3 is 1. The van der Waals surface area contributed by atoms with Gasteiger partial charge in [0.1, 0.15) is 11.3 Å². The lowest BCUT2D eigenvalue weighted by atomic mass is 9.43. The van der Waals surface area contributed by atoms with Crippen LogP contribution < -0.4 is 10.1 Å². The summed E-state index contributed by atoms with van der Waals surface area (Å²) in [5.74, 6) is -0.422. The van der Waals surface area contributed by atoms with Crippen molar-refractivity contribution in [2.75, 3.05) is 13.9 Å². The third-order valence-corrected chi connectivity index (χ3v) is 15.9. The Morgan fingerprint density at radius 3 is 2.22 bits per heavy atom. The molecule has 0 aromatic heterocycles. The lowest BCUT2D eigenvalue weighted by Gasteiger charge is -2.64. The molecular formula is C43H62BNO10. The van der Waals surface area contributed by atoms with E-state index in [0.717, 1.165) is 57.8 Å². The zero-order chi connectivity index (χ0) is 39.1. The van der Waals surface area contributed by atoms with Crippen molar-refractivity contribution >= 4 is 25.0 Å². The smallest absolute Gasteiger partial charge is 0.482 e. The highest BCUT2D eigenvalue weighted by Crippen LogP contribution is 2.68. The number of carbonyl (C=O) groups is 3. The van der Waals surface area contributed by atoms with Crippen LogP contribution >= 0.6 is 0 Å². The summed E-state index contributed by atoms with van der Waals surface area (Å²) in [4.78, 5) is 39.9. The molecule has 10 atom stereocenters. The largest absolute Gasteiger partial charge is 0.496 e. The van der Waals surface area contributed by atoms with Crippen LogP contribution in [0.5, 0.6) is 5.75 Å². The summed E-state index contributed by atoms with van der Waals surface area (Å²) < 4.78 is 43.6. The molecule has 0 spiro atoms. The number of hydrogen-bond donors (Lipinski definition) is 1. The van der Waals surface area contributed by atoms with Crippen molar-refractivity contribution in [1.82, 2.24) is 5.32 Å². The molecule has 12 heteroatoms. The Labute approximate surface area is 327 Å². The van der Waals surface area contributed by atoms with Crippen LogP contribution in [0, 0.1) is 40.4 Å². The van der Waals surface area contributed by atoms with Gasteiger partial charge in [0.2, 0.25) is 12.7 Å². The minimum Gasteiger partial charge on any atom is -0.496 e. The van der Waals surface area contributed by atoms with Crippen LogP contribution in [0.2, 0.25) is 0 Å². The van der Waals surface area contributed by atoms with Gasteiger partial charge in [-0.3, -0.25) is 9.59 Å². The Morgan fingerprint density at radius 2 is 1.55 bits per heavy atom. The third kappa shape index (κ3) is 6.62. The molecule has 10 rings (SSSR count). The van der Waals surface area contributed by atoms with Crippen molar-refractivity contribution in [2.45, 2.75) is 161 Å². The zero-order valence-corrected chi connectivity index (χ0v) is 34.2. The molecule has 9 fully saturated rings. The van der Waals surface area contributed by atoms with Crippen LogP contribution in [0.1, 0.15) is 135 Å². The van der Waals surface area contributed by atoms with Gasteiger partial charge in [-0.05, 0) is 112 Å². The zero-order valence-electron chi connectivity index (χ0n) is 34.2. The quantitative estimate of drug-likeness (QED) is 0.136. The molecule has 1 aromatic rings. The molecule has 7 aliphatic carbocycles. The van der Waals surface area contributed by atoms with Crippen molar-refractivity contribution in [3.63, 3.8) is 0 Å². The van der Waals surface area contributed by atoms with Crippen LogP contribution in [0.3, 0.4) is 0 Å². The van der Waals surface area contributed by atoms with E-state index in [1.165, 1.54) is 7.11 Å². The van der Waals surface area contributed by atoms with E-state index in [0.29, 0.717) is 41.4 Å². The van der Waals surface area contributed by atoms with E-state index in [9.17, 15) is 14.4 Å². The number of para-hydroxylation sites is 1. The van der Waals surface area contributed by atoms with Crippen LogP contribution in [0.4, 0.5) is 0 Å². The average molecular weight is 764 g/mol. The van der Waals surface area contributed by atoms with E-state index in [1.807, 2.05) is 13.0 Å². The Hall–Kier alpha value is -2.67. The van der Waals surface area contributed by atoms with Crippen LogP contribution in [0.25, 0.3) is 0 Å². The summed E-state index contributed by atoms with van der Waals surface area (Å²) in [5, 5.41) is 3.28. The van der Waals surface area contributed by atoms with Gasteiger partial charge in [0.05, 0.1) is 42.4 Å². The minimum absolute atomic E-state index is 0.0281. The number of hydrogen-bond acceptors (Lipinski definition) is 10. The number of carbonyl (C=O) groups excluding carboxylic acids is 3. The lowest BCUT2D eigenvalue weighted by Crippen LogP contribution is -2.65. The summed E-state index contributed by atoms with van der Waals surface area (Å²) >= 11 is 0. The Balaban J connectivity index is 0.966. The Bertz CT molecular complexity index is 1680. The monoisotopic (exact) mass is 763 g/mol. The fraction of sp³-hybridized carbons (Fsp3) is 0.791. The first-order valence-electron chi connectivity index (χ1n) is 21.0. The highest BCUT2D eigenvalue weighted by molar-refractivity contribution is 6.48. The van der Waals surface area contributed by atoms with Gasteiger partial charge in [-0.25, -0.2) is 4.79 Å². The molecule has 55 heavy (non-hydrogen) atoms. The van der Waals surface area contributed by atoms with Crippen molar-refractivity contribution < 1.29 is 47.4 Å². The normalized spacial score (nSPS) is 38.4. The maximum atomic E-state index is 14.0. The summed E-state index contributed by atoms with van der Waals surface area (Å²) in [7, 11) is 0.796. The van der Waals surface area contributed by atoms with Gasteiger partial charge in [0.25, 0.3) is 0 Å². The molecule has 4 bridgehead atoms. The van der Waals surface area contributed by atoms with Gasteiger partial charge in [-0.15, -0.1) is 0 Å². The van der Waals surface area contributed by atoms with Crippen molar-refractivity contribution in [3.8, 4) is 5.75 Å². The maximum Gasteiger partial charge on any atom is 0.482 e. The number of nitrogens with one attached hydrogen (secondary N) is 1. The van der Waals surface area contributed by atoms with E-state index in [4.69, 9.17) is 33.0 Å². The van der Waals surface area contributed by atoms with Crippen molar-refractivity contribution in [2.24, 2.45) is 40.4 Å². The molecule has 2 aliphatic heterocycles. The summed E-state index contributed by atoms with van der Waals surface area (Å²) in [6.45, 7) is 15.2. The predicted molar refractivity (Wildman–Crippen MR) is 204 cm³/mol. The van der Waals surface area contributed by atoms with Gasteiger partial charge in [0.15, 0.2) is 5.79 Å². The Morgan fingerprint density at radius 1 is 0.873 bits per heavy atom. The number of amides is 1. The first kappa shape index (κ1) is 39.2. The van der Waals surface area contributed by atoms with Crippen LogP contribution in [-0.4, -0.2) is 74.0 Å². The minimum atomic E-state index is -0.863. The van der Waals surface area contributed by atoms with E-state index in [1.54, 1.807) is 12.1 Å². The van der Waals surface area contributed by atoms with E-state index in [-0.39, 0.29) is 64.8 Å². The maximum absolute atomic E-state index is 14.0. The van der Waals surface area contributed by atoms with E-state index in [2.05, 4.69) is 46.9 Å². The molecule has 7 saturated carbocycles. The molecule has 10 unspecified atom stereocenters. The number of ether oxygens (including phenoxy) is 5. The van der Waals surface area contributed by atoms with Gasteiger partial charge in [-0.2, -0.15) is 0 Å². The molecule has 1 N–H and O–H groups in total. The molecule has 1 amide bonds. The molecular weight excluding hydrogens is 701 g/mol. The highest BCUT2D eigenvalue weighted by Gasteiger charge is 2.70. The second-order valence-electron chi connectivity index (χ2n) is 19.6.